The van der Waals surface area contributed by atoms with Crippen LogP contribution in [0.25, 0.3) is 0 Å². The first-order chi connectivity index (χ1) is 9.58. The molecule has 4 heteroatoms. The van der Waals surface area contributed by atoms with Gasteiger partial charge in [0, 0.05) is 11.1 Å². The lowest BCUT2D eigenvalue weighted by Gasteiger charge is -2.05. The summed E-state index contributed by atoms with van der Waals surface area (Å²) >= 11 is 0. The highest BCUT2D eigenvalue weighted by molar-refractivity contribution is 5.98. The van der Waals surface area contributed by atoms with Crippen molar-refractivity contribution in [2.24, 2.45) is 5.16 Å². The number of benzene rings is 2. The molecular formula is C16H16FNO2. The van der Waals surface area contributed by atoms with Crippen LogP contribution in [-0.2, 0) is 11.4 Å². The van der Waals surface area contributed by atoms with E-state index in [1.165, 1.54) is 6.07 Å². The molecule has 2 aromatic rings. The molecule has 0 amide bonds. The lowest BCUT2D eigenvalue weighted by Crippen LogP contribution is -1.98. The van der Waals surface area contributed by atoms with Crippen LogP contribution in [0.2, 0.25) is 0 Å². The Hall–Kier alpha value is -2.36. The highest BCUT2D eigenvalue weighted by atomic mass is 19.1. The highest BCUT2D eigenvalue weighted by Gasteiger charge is 2.03. The Bertz CT molecular complexity index is 638. The molecule has 0 aromatic heterocycles. The minimum atomic E-state index is -0.312. The number of aryl methyl sites for hydroxylation is 1. The monoisotopic (exact) mass is 273 g/mol. The van der Waals surface area contributed by atoms with Crippen LogP contribution in [0.5, 0.6) is 5.75 Å². The largest absolute Gasteiger partial charge is 0.508 e. The van der Waals surface area contributed by atoms with Crippen molar-refractivity contribution in [2.75, 3.05) is 0 Å². The van der Waals surface area contributed by atoms with Gasteiger partial charge < -0.3 is 9.94 Å². The van der Waals surface area contributed by atoms with Crippen molar-refractivity contribution in [3.63, 3.8) is 0 Å². The molecule has 0 aliphatic carbocycles. The van der Waals surface area contributed by atoms with E-state index in [-0.39, 0.29) is 18.2 Å². The van der Waals surface area contributed by atoms with Crippen LogP contribution in [0.15, 0.2) is 47.6 Å². The lowest BCUT2D eigenvalue weighted by molar-refractivity contribution is 0.128. The Kier molecular flexibility index (Phi) is 4.35. The van der Waals surface area contributed by atoms with Gasteiger partial charge in [-0.2, -0.15) is 0 Å². The molecule has 2 aromatic carbocycles. The first-order valence-electron chi connectivity index (χ1n) is 6.28. The first kappa shape index (κ1) is 14.1. The number of phenols is 1. The molecule has 0 radical (unpaired) electrons. The number of rotatable bonds is 4. The highest BCUT2D eigenvalue weighted by Crippen LogP contribution is 2.18. The summed E-state index contributed by atoms with van der Waals surface area (Å²) in [5, 5.41) is 13.6. The van der Waals surface area contributed by atoms with Crippen LogP contribution in [0.4, 0.5) is 4.39 Å². The van der Waals surface area contributed by atoms with Crippen molar-refractivity contribution >= 4 is 5.71 Å². The number of oxime groups is 1. The number of hydrogen-bond acceptors (Lipinski definition) is 3. The molecule has 0 aliphatic heterocycles. The van der Waals surface area contributed by atoms with Crippen molar-refractivity contribution in [1.29, 1.82) is 0 Å². The Balaban J connectivity index is 2.04. The quantitative estimate of drug-likeness (QED) is 0.680. The number of aromatic hydroxyl groups is 1. The Morgan fingerprint density at radius 1 is 1.25 bits per heavy atom. The maximum atomic E-state index is 13.4. The van der Waals surface area contributed by atoms with Gasteiger partial charge in [-0.15, -0.1) is 0 Å². The van der Waals surface area contributed by atoms with Gasteiger partial charge in [0.05, 0.1) is 5.71 Å². The molecule has 2 rings (SSSR count). The van der Waals surface area contributed by atoms with E-state index < -0.39 is 0 Å². The Morgan fingerprint density at radius 3 is 2.70 bits per heavy atom. The average Bonchev–Trinajstić information content (AvgIpc) is 2.44. The van der Waals surface area contributed by atoms with Crippen LogP contribution in [-0.4, -0.2) is 10.8 Å². The second kappa shape index (κ2) is 6.19. The van der Waals surface area contributed by atoms with Crippen LogP contribution < -0.4 is 0 Å². The standard InChI is InChI=1S/C16H16FNO2/c1-11-7-8-13(9-16(11)19)12(2)18-20-10-14-5-3-4-6-15(14)17/h3-9,19H,10H2,1-2H3/b18-12+. The summed E-state index contributed by atoms with van der Waals surface area (Å²) in [6.45, 7) is 3.66. The minimum Gasteiger partial charge on any atom is -0.508 e. The summed E-state index contributed by atoms with van der Waals surface area (Å²) in [6.07, 6.45) is 0. The fraction of sp³-hybridized carbons (Fsp3) is 0.188. The third-order valence-corrected chi connectivity index (χ3v) is 3.01. The topological polar surface area (TPSA) is 41.8 Å². The molecule has 3 nitrogen and oxygen atoms in total. The zero-order valence-electron chi connectivity index (χ0n) is 11.4. The van der Waals surface area contributed by atoms with E-state index >= 15 is 0 Å². The van der Waals surface area contributed by atoms with Gasteiger partial charge in [0.2, 0.25) is 0 Å². The van der Waals surface area contributed by atoms with Crippen LogP contribution in [0.1, 0.15) is 23.6 Å². The van der Waals surface area contributed by atoms with E-state index in [1.54, 1.807) is 37.3 Å². The van der Waals surface area contributed by atoms with E-state index in [0.29, 0.717) is 11.3 Å². The Labute approximate surface area is 117 Å². The number of halogens is 1. The molecule has 0 aliphatic rings. The van der Waals surface area contributed by atoms with Crippen molar-refractivity contribution < 1.29 is 14.3 Å². The van der Waals surface area contributed by atoms with Gasteiger partial charge in [-0.05, 0) is 31.5 Å². The average molecular weight is 273 g/mol. The molecule has 0 saturated carbocycles. The van der Waals surface area contributed by atoms with E-state index in [0.717, 1.165) is 11.1 Å². The van der Waals surface area contributed by atoms with Gasteiger partial charge in [0.25, 0.3) is 0 Å². The second-order valence-electron chi connectivity index (χ2n) is 4.54. The van der Waals surface area contributed by atoms with E-state index in [2.05, 4.69) is 5.16 Å². The predicted octanol–water partition coefficient (Wildman–Crippen LogP) is 3.78. The maximum absolute atomic E-state index is 13.4. The summed E-state index contributed by atoms with van der Waals surface area (Å²) in [5.41, 5.74) is 2.64. The van der Waals surface area contributed by atoms with E-state index in [1.807, 2.05) is 13.0 Å². The predicted molar refractivity (Wildman–Crippen MR) is 76.2 cm³/mol. The molecule has 0 saturated heterocycles. The van der Waals surface area contributed by atoms with Crippen LogP contribution >= 0.6 is 0 Å². The summed E-state index contributed by atoms with van der Waals surface area (Å²) in [4.78, 5) is 5.15. The van der Waals surface area contributed by atoms with Gasteiger partial charge >= 0.3 is 0 Å². The Morgan fingerprint density at radius 2 is 2.00 bits per heavy atom. The lowest BCUT2D eigenvalue weighted by atomic mass is 10.1. The molecule has 0 unspecified atom stereocenters. The molecule has 0 atom stereocenters. The van der Waals surface area contributed by atoms with Crippen molar-refractivity contribution in [1.82, 2.24) is 0 Å². The molecule has 20 heavy (non-hydrogen) atoms. The van der Waals surface area contributed by atoms with E-state index in [9.17, 15) is 9.50 Å². The summed E-state index contributed by atoms with van der Waals surface area (Å²) in [7, 11) is 0. The summed E-state index contributed by atoms with van der Waals surface area (Å²) in [6, 6.07) is 11.7. The first-order valence-corrected chi connectivity index (χ1v) is 6.28. The van der Waals surface area contributed by atoms with Crippen molar-refractivity contribution in [3.05, 3.63) is 65.0 Å². The van der Waals surface area contributed by atoms with Gasteiger partial charge in [0.1, 0.15) is 18.2 Å². The fourth-order valence-corrected chi connectivity index (χ4v) is 1.70. The van der Waals surface area contributed by atoms with Gasteiger partial charge in [-0.3, -0.25) is 0 Å². The summed E-state index contributed by atoms with van der Waals surface area (Å²) < 4.78 is 13.4. The zero-order valence-corrected chi connectivity index (χ0v) is 11.4. The number of nitrogens with zero attached hydrogens (tertiary/aromatic N) is 1. The molecule has 0 bridgehead atoms. The molecule has 104 valence electrons. The molecule has 1 N–H and O–H groups in total. The van der Waals surface area contributed by atoms with Gasteiger partial charge in [-0.1, -0.05) is 35.5 Å². The van der Waals surface area contributed by atoms with E-state index in [4.69, 9.17) is 4.84 Å². The smallest absolute Gasteiger partial charge is 0.145 e. The SMILES string of the molecule is C/C(=N\OCc1ccccc1F)c1ccc(C)c(O)c1. The zero-order chi connectivity index (χ0) is 14.5. The molecule has 0 heterocycles. The number of hydrogen-bond donors (Lipinski definition) is 1. The minimum absolute atomic E-state index is 0.0713. The van der Waals surface area contributed by atoms with Crippen molar-refractivity contribution in [2.45, 2.75) is 20.5 Å². The number of phenolic OH excluding ortho intramolecular Hbond substituents is 1. The van der Waals surface area contributed by atoms with Gasteiger partial charge in [0.15, 0.2) is 0 Å². The summed E-state index contributed by atoms with van der Waals surface area (Å²) in [5.74, 6) is -0.0977. The van der Waals surface area contributed by atoms with Gasteiger partial charge in [-0.25, -0.2) is 4.39 Å². The fourth-order valence-electron chi connectivity index (χ4n) is 1.70. The normalized spacial score (nSPS) is 11.4. The third-order valence-electron chi connectivity index (χ3n) is 3.01. The van der Waals surface area contributed by atoms with Crippen molar-refractivity contribution in [3.8, 4) is 5.75 Å². The second-order valence-corrected chi connectivity index (χ2v) is 4.54. The molecular weight excluding hydrogens is 257 g/mol. The van der Waals surface area contributed by atoms with Crippen LogP contribution in [0, 0.1) is 12.7 Å². The maximum Gasteiger partial charge on any atom is 0.145 e. The van der Waals surface area contributed by atoms with Crippen LogP contribution in [0.3, 0.4) is 0 Å². The molecule has 0 spiro atoms. The molecule has 0 fully saturated rings. The third kappa shape index (κ3) is 3.35.